The number of rotatable bonds is 8. The van der Waals surface area contributed by atoms with Crippen molar-refractivity contribution in [3.63, 3.8) is 0 Å². The van der Waals surface area contributed by atoms with Crippen LogP contribution in [0.5, 0.6) is 11.5 Å². The molecule has 0 saturated heterocycles. The van der Waals surface area contributed by atoms with E-state index in [1.165, 1.54) is 4.88 Å². The van der Waals surface area contributed by atoms with Crippen molar-refractivity contribution in [2.45, 2.75) is 66.9 Å². The van der Waals surface area contributed by atoms with E-state index in [1.54, 1.807) is 29.7 Å². The number of carbonyl (C=O) groups excluding carboxylic acids is 1. The molecule has 0 unspecified atom stereocenters. The van der Waals surface area contributed by atoms with Gasteiger partial charge in [0.05, 0.1) is 18.3 Å². The Bertz CT molecular complexity index is 1310. The van der Waals surface area contributed by atoms with E-state index in [9.17, 15) is 4.79 Å². The predicted octanol–water partition coefficient (Wildman–Crippen LogP) is 8.74. The summed E-state index contributed by atoms with van der Waals surface area (Å²) in [5.41, 5.74) is 3.61. The van der Waals surface area contributed by atoms with Crippen LogP contribution in [0.25, 0.3) is 0 Å². The van der Waals surface area contributed by atoms with Crippen molar-refractivity contribution in [1.82, 2.24) is 0 Å². The van der Waals surface area contributed by atoms with Gasteiger partial charge in [-0.2, -0.15) is 0 Å². The average Bonchev–Trinajstić information content (AvgIpc) is 3.22. The Morgan fingerprint density at radius 2 is 1.92 bits per heavy atom. The number of aliphatic imine (C=N–C) groups is 1. The van der Waals surface area contributed by atoms with Crippen molar-refractivity contribution >= 4 is 45.7 Å². The Labute approximate surface area is 235 Å². The summed E-state index contributed by atoms with van der Waals surface area (Å²) in [6, 6.07) is 13.0. The number of carbonyl (C=O) groups is 1. The van der Waals surface area contributed by atoms with Crippen molar-refractivity contribution in [2.24, 2.45) is 16.3 Å². The van der Waals surface area contributed by atoms with Gasteiger partial charge in [0.15, 0.2) is 11.5 Å². The molecular weight excluding hydrogens is 516 g/mol. The minimum atomic E-state index is -0.137. The molecule has 38 heavy (non-hydrogen) atoms. The first kappa shape index (κ1) is 28.2. The number of nitrogens with zero attached hydrogens (tertiary/aromatic N) is 1. The fourth-order valence-corrected chi connectivity index (χ4v) is 6.11. The average molecular weight is 553 g/mol. The number of amides is 1. The third-order valence-corrected chi connectivity index (χ3v) is 8.18. The first-order valence-electron chi connectivity index (χ1n) is 13.2. The molecule has 1 atom stereocenters. The van der Waals surface area contributed by atoms with E-state index in [1.807, 2.05) is 51.1 Å². The van der Waals surface area contributed by atoms with Crippen molar-refractivity contribution in [1.29, 1.82) is 0 Å². The molecule has 3 aromatic rings. The summed E-state index contributed by atoms with van der Waals surface area (Å²) >= 11 is 7.67. The molecule has 0 bridgehead atoms. The fourth-order valence-electron chi connectivity index (χ4n) is 4.72. The van der Waals surface area contributed by atoms with Crippen LogP contribution in [0.4, 0.5) is 10.7 Å². The molecule has 5 nitrogen and oxygen atoms in total. The molecule has 1 aromatic heterocycles. The summed E-state index contributed by atoms with van der Waals surface area (Å²) in [4.78, 5) is 19.7. The Kier molecular flexibility index (Phi) is 8.84. The summed E-state index contributed by atoms with van der Waals surface area (Å²) in [7, 11) is 0. The van der Waals surface area contributed by atoms with Gasteiger partial charge in [-0.25, -0.2) is 4.99 Å². The van der Waals surface area contributed by atoms with Gasteiger partial charge in [0.25, 0.3) is 5.91 Å². The van der Waals surface area contributed by atoms with Gasteiger partial charge in [-0.3, -0.25) is 4.79 Å². The minimum absolute atomic E-state index is 0.0461. The van der Waals surface area contributed by atoms with Crippen molar-refractivity contribution < 1.29 is 14.3 Å². The molecular formula is C31H37ClN2O3S. The molecule has 1 amide bonds. The van der Waals surface area contributed by atoms with Gasteiger partial charge in [-0.15, -0.1) is 11.3 Å². The molecule has 0 saturated carbocycles. The van der Waals surface area contributed by atoms with E-state index in [2.05, 4.69) is 26.1 Å². The lowest BCUT2D eigenvalue weighted by atomic mass is 9.72. The minimum Gasteiger partial charge on any atom is -0.490 e. The highest BCUT2D eigenvalue weighted by atomic mass is 35.5. The second kappa shape index (κ2) is 11.9. The quantitative estimate of drug-likeness (QED) is 0.284. The number of hydrogen-bond donors (Lipinski definition) is 1. The molecule has 1 aliphatic carbocycles. The molecule has 202 valence electrons. The number of hydrogen-bond acceptors (Lipinski definition) is 5. The van der Waals surface area contributed by atoms with Gasteiger partial charge in [0, 0.05) is 21.8 Å². The van der Waals surface area contributed by atoms with Crippen LogP contribution in [0.2, 0.25) is 5.02 Å². The van der Waals surface area contributed by atoms with Crippen LogP contribution < -0.4 is 14.8 Å². The summed E-state index contributed by atoms with van der Waals surface area (Å²) in [5.74, 6) is 1.83. The Morgan fingerprint density at radius 1 is 1.18 bits per heavy atom. The van der Waals surface area contributed by atoms with Gasteiger partial charge < -0.3 is 14.8 Å². The standard InChI is InChI=1S/C31H37ClN2O3S/c1-7-36-26-16-20(8-15-25(26)37-19(2)3)18-33-30-28(29(35)34-23-12-10-22(32)11-13-23)24-14-9-21(31(4,5)6)17-27(24)38-30/h8,10-13,15-16,18-19,21H,7,9,14,17H2,1-6H3,(H,34,35)/t21-/m1/s1. The summed E-state index contributed by atoms with van der Waals surface area (Å²) in [5, 5.41) is 4.41. The number of thiophene rings is 1. The van der Waals surface area contributed by atoms with Crippen molar-refractivity contribution in [3.05, 3.63) is 69.1 Å². The largest absolute Gasteiger partial charge is 0.490 e. The van der Waals surface area contributed by atoms with Crippen LogP contribution in [-0.2, 0) is 12.8 Å². The van der Waals surface area contributed by atoms with Gasteiger partial charge >= 0.3 is 0 Å². The zero-order valence-corrected chi connectivity index (χ0v) is 24.6. The maximum Gasteiger partial charge on any atom is 0.259 e. The first-order chi connectivity index (χ1) is 18.0. The normalized spacial score (nSPS) is 15.5. The predicted molar refractivity (Wildman–Crippen MR) is 159 cm³/mol. The number of ether oxygens (including phenoxy) is 2. The lowest BCUT2D eigenvalue weighted by molar-refractivity contribution is 0.102. The van der Waals surface area contributed by atoms with Crippen LogP contribution in [0.15, 0.2) is 47.5 Å². The second-order valence-corrected chi connectivity index (χ2v) is 12.5. The van der Waals surface area contributed by atoms with Gasteiger partial charge in [-0.05, 0) is 105 Å². The lowest BCUT2D eigenvalue weighted by Crippen LogP contribution is -2.27. The molecule has 1 heterocycles. The molecule has 7 heteroatoms. The van der Waals surface area contributed by atoms with Crippen LogP contribution in [0, 0.1) is 11.3 Å². The topological polar surface area (TPSA) is 59.9 Å². The van der Waals surface area contributed by atoms with E-state index in [-0.39, 0.29) is 17.4 Å². The van der Waals surface area contributed by atoms with Gasteiger partial charge in [-0.1, -0.05) is 32.4 Å². The van der Waals surface area contributed by atoms with E-state index in [0.29, 0.717) is 40.3 Å². The zero-order valence-electron chi connectivity index (χ0n) is 23.1. The molecule has 0 radical (unpaired) electrons. The van der Waals surface area contributed by atoms with E-state index in [4.69, 9.17) is 26.1 Å². The summed E-state index contributed by atoms with van der Waals surface area (Å²) < 4.78 is 11.7. The number of benzene rings is 2. The maximum absolute atomic E-state index is 13.6. The van der Waals surface area contributed by atoms with E-state index < -0.39 is 0 Å². The van der Waals surface area contributed by atoms with E-state index >= 15 is 0 Å². The van der Waals surface area contributed by atoms with Gasteiger partial charge in [0.2, 0.25) is 0 Å². The van der Waals surface area contributed by atoms with Crippen LogP contribution in [-0.4, -0.2) is 24.8 Å². The number of nitrogens with one attached hydrogen (secondary N) is 1. The molecule has 0 aliphatic heterocycles. The maximum atomic E-state index is 13.6. The number of anilines is 1. The number of halogens is 1. The van der Waals surface area contributed by atoms with E-state index in [0.717, 1.165) is 35.4 Å². The lowest BCUT2D eigenvalue weighted by Gasteiger charge is -2.33. The van der Waals surface area contributed by atoms with Crippen LogP contribution in [0.1, 0.15) is 74.3 Å². The molecule has 2 aromatic carbocycles. The molecule has 1 N–H and O–H groups in total. The Balaban J connectivity index is 1.68. The second-order valence-electron chi connectivity index (χ2n) is 11.0. The van der Waals surface area contributed by atoms with Crippen molar-refractivity contribution in [3.8, 4) is 11.5 Å². The fraction of sp³-hybridized carbons (Fsp3) is 0.419. The molecule has 4 rings (SSSR count). The Hall–Kier alpha value is -2.83. The molecule has 0 fully saturated rings. The molecule has 0 spiro atoms. The highest BCUT2D eigenvalue weighted by molar-refractivity contribution is 7.16. The smallest absolute Gasteiger partial charge is 0.259 e. The third-order valence-electron chi connectivity index (χ3n) is 6.76. The summed E-state index contributed by atoms with van der Waals surface area (Å²) in [6.45, 7) is 13.4. The first-order valence-corrected chi connectivity index (χ1v) is 14.4. The third kappa shape index (κ3) is 6.78. The highest BCUT2D eigenvalue weighted by Crippen LogP contribution is 2.45. The summed E-state index contributed by atoms with van der Waals surface area (Å²) in [6.07, 6.45) is 4.76. The monoisotopic (exact) mass is 552 g/mol. The highest BCUT2D eigenvalue weighted by Gasteiger charge is 2.33. The van der Waals surface area contributed by atoms with Crippen LogP contribution >= 0.6 is 22.9 Å². The van der Waals surface area contributed by atoms with Crippen LogP contribution in [0.3, 0.4) is 0 Å². The Morgan fingerprint density at radius 3 is 2.58 bits per heavy atom. The zero-order chi connectivity index (χ0) is 27.4. The molecule has 1 aliphatic rings. The number of fused-ring (bicyclic) bond motifs is 1. The van der Waals surface area contributed by atoms with Crippen molar-refractivity contribution in [2.75, 3.05) is 11.9 Å². The SMILES string of the molecule is CCOc1cc(C=Nc2sc3c(c2C(=O)Nc2ccc(Cl)cc2)CC[C@@H](C(C)(C)C)C3)ccc1OC(C)C. The van der Waals surface area contributed by atoms with Gasteiger partial charge in [0.1, 0.15) is 5.00 Å².